The number of hydrogen-bond donors (Lipinski definition) is 5. The highest BCUT2D eigenvalue weighted by atomic mass is 32.1. The van der Waals surface area contributed by atoms with Crippen LogP contribution in [0.2, 0.25) is 0 Å². The number of amides is 1. The number of esters is 2. The minimum absolute atomic E-state index is 0.00701. The third-order valence-corrected chi connectivity index (χ3v) is 19.7. The molecule has 10 rings (SSSR count). The molecule has 492 valence electrons. The van der Waals surface area contributed by atoms with E-state index in [2.05, 4.69) is 91.9 Å². The Bertz CT molecular complexity index is 4160. The van der Waals surface area contributed by atoms with E-state index in [0.29, 0.717) is 51.0 Å². The average Bonchev–Trinajstić information content (AvgIpc) is 1.57. The lowest BCUT2D eigenvalue weighted by Crippen LogP contribution is -2.28. The first-order chi connectivity index (χ1) is 44.5. The van der Waals surface area contributed by atoms with Gasteiger partial charge in [0.05, 0.1) is 39.5 Å². The van der Waals surface area contributed by atoms with E-state index in [4.69, 9.17) is 47.5 Å². The third kappa shape index (κ3) is 18.1. The second-order valence-corrected chi connectivity index (χ2v) is 29.2. The average molecular weight is 1350 g/mol. The molecule has 0 saturated carbocycles. The molecule has 1 amide bonds. The van der Waals surface area contributed by atoms with Crippen LogP contribution in [0.15, 0.2) is 109 Å². The van der Waals surface area contributed by atoms with Crippen LogP contribution in [0.3, 0.4) is 0 Å². The van der Waals surface area contributed by atoms with Gasteiger partial charge in [-0.3, -0.25) is 4.79 Å². The summed E-state index contributed by atoms with van der Waals surface area (Å²) in [4.78, 5) is 67.1. The maximum absolute atomic E-state index is 12.5. The highest BCUT2D eigenvalue weighted by Gasteiger charge is 2.41. The number of aromatic nitrogens is 4. The first-order valence-electron chi connectivity index (χ1n) is 30.0. The summed E-state index contributed by atoms with van der Waals surface area (Å²) in [6.07, 6.45) is 5.86. The molecule has 8 aromatic rings. The molecular weight excluding hydrogens is 1270 g/mol. The van der Waals surface area contributed by atoms with Crippen molar-refractivity contribution in [3.63, 3.8) is 0 Å². The molecule has 2 aliphatic rings. The third-order valence-electron chi connectivity index (χ3n) is 14.7. The summed E-state index contributed by atoms with van der Waals surface area (Å²) < 4.78 is 27.2. The number of fused-ring (bicyclic) bond motifs is 6. The Morgan fingerprint density at radius 1 is 0.660 bits per heavy atom. The number of nitrogens with zero attached hydrogens (tertiary/aromatic N) is 8. The zero-order valence-electron chi connectivity index (χ0n) is 54.7. The van der Waals surface area contributed by atoms with E-state index in [1.165, 1.54) is 43.1 Å². The minimum atomic E-state index is -0.685. The smallest absolute Gasteiger partial charge is 0.407 e. The van der Waals surface area contributed by atoms with E-state index in [1.54, 1.807) is 117 Å². The Morgan fingerprint density at radius 3 is 1.54 bits per heavy atom. The molecule has 0 fully saturated rings. The quantitative estimate of drug-likeness (QED) is 0.0156. The van der Waals surface area contributed by atoms with Gasteiger partial charge in [-0.1, -0.05) is 76.2 Å². The van der Waals surface area contributed by atoms with Crippen molar-refractivity contribution >= 4 is 97.2 Å². The van der Waals surface area contributed by atoms with Gasteiger partial charge >= 0.3 is 30.1 Å². The van der Waals surface area contributed by atoms with Crippen molar-refractivity contribution in [3.05, 3.63) is 174 Å². The van der Waals surface area contributed by atoms with Gasteiger partial charge in [-0.15, -0.1) is 45.3 Å². The van der Waals surface area contributed by atoms with E-state index >= 15 is 0 Å². The summed E-state index contributed by atoms with van der Waals surface area (Å²) in [5.74, 6) is -0.481. The van der Waals surface area contributed by atoms with Crippen LogP contribution in [0, 0.1) is 17.9 Å². The molecule has 2 aliphatic carbocycles. The van der Waals surface area contributed by atoms with E-state index in [9.17, 15) is 24.8 Å². The number of aliphatic hydroxyl groups excluding tert-OH is 1. The largest absolute Gasteiger partial charge is 0.465 e. The number of likely N-dealkylation sites (N-methyl/N-ethyl adjacent to an activating group) is 2. The number of carbonyl (C=O) groups excluding carboxylic acids is 3. The molecule has 0 unspecified atom stereocenters. The van der Waals surface area contributed by atoms with Crippen LogP contribution in [-0.2, 0) is 60.9 Å². The summed E-state index contributed by atoms with van der Waals surface area (Å²) in [5.41, 5.74) is 23.8. The summed E-state index contributed by atoms with van der Waals surface area (Å²) in [6.45, 7) is 29.9. The summed E-state index contributed by atoms with van der Waals surface area (Å²) in [7, 11) is 3.96. The molecule has 0 spiro atoms. The molecule has 0 bridgehead atoms. The van der Waals surface area contributed by atoms with Gasteiger partial charge in [0.2, 0.25) is 0 Å². The summed E-state index contributed by atoms with van der Waals surface area (Å²) in [5, 5.41) is 23.8. The molecule has 0 atom stereocenters. The molecule has 2 aromatic carbocycles. The van der Waals surface area contributed by atoms with Crippen LogP contribution in [0.25, 0.3) is 36.5 Å². The maximum Gasteiger partial charge on any atom is 0.407 e. The van der Waals surface area contributed by atoms with Crippen molar-refractivity contribution in [2.45, 2.75) is 118 Å². The number of thiophene rings is 4. The van der Waals surface area contributed by atoms with Crippen molar-refractivity contribution < 1.29 is 43.2 Å². The van der Waals surface area contributed by atoms with Crippen molar-refractivity contribution in [1.82, 2.24) is 25.3 Å². The monoisotopic (exact) mass is 1350 g/mol. The maximum atomic E-state index is 12.5. The number of nitrogen functional groups attached to an aromatic ring is 2. The number of rotatable bonds is 20. The Kier molecular flexibility index (Phi) is 22.7. The molecule has 0 saturated heterocycles. The second-order valence-electron chi connectivity index (χ2n) is 25.0. The molecule has 6 heterocycles. The van der Waals surface area contributed by atoms with Crippen LogP contribution in [0.1, 0.15) is 123 Å². The minimum Gasteiger partial charge on any atom is -0.465 e. The van der Waals surface area contributed by atoms with Crippen molar-refractivity contribution in [2.75, 3.05) is 61.7 Å². The van der Waals surface area contributed by atoms with E-state index < -0.39 is 29.2 Å². The number of nitrogens with two attached hydrogens (primary N) is 3. The number of nitrogens with one attached hydrogen (secondary N) is 1. The first kappa shape index (κ1) is 70.7. The number of nitriles is 1. The van der Waals surface area contributed by atoms with Crippen LogP contribution in [0.5, 0.6) is 12.0 Å². The molecule has 6 aromatic heterocycles. The van der Waals surface area contributed by atoms with Crippen molar-refractivity contribution in [3.8, 4) is 37.6 Å². The lowest BCUT2D eigenvalue weighted by Gasteiger charge is -2.20. The predicted octanol–water partition coefficient (Wildman–Crippen LogP) is 12.9. The van der Waals surface area contributed by atoms with Crippen molar-refractivity contribution in [1.29, 1.82) is 5.26 Å². The van der Waals surface area contributed by atoms with Crippen molar-refractivity contribution in [2.24, 2.45) is 5.73 Å². The fourth-order valence-electron chi connectivity index (χ4n) is 9.67. The van der Waals surface area contributed by atoms with Gasteiger partial charge in [0.15, 0.2) is 0 Å². The summed E-state index contributed by atoms with van der Waals surface area (Å²) >= 11 is 6.56. The van der Waals surface area contributed by atoms with Gasteiger partial charge in [0.25, 0.3) is 5.70 Å². The van der Waals surface area contributed by atoms with Gasteiger partial charge in [-0.25, -0.2) is 24.4 Å². The van der Waals surface area contributed by atoms with Crippen LogP contribution in [0.4, 0.5) is 26.4 Å². The Morgan fingerprint density at radius 2 is 1.10 bits per heavy atom. The summed E-state index contributed by atoms with van der Waals surface area (Å²) in [6, 6.07) is 29.8. The van der Waals surface area contributed by atoms with Crippen LogP contribution < -0.4 is 41.8 Å². The van der Waals surface area contributed by atoms with E-state index in [1.807, 2.05) is 68.7 Å². The number of ether oxygens (including phenoxy) is 5. The zero-order chi connectivity index (χ0) is 68.3. The zero-order valence-corrected chi connectivity index (χ0v) is 58.0. The molecule has 8 N–H and O–H groups in total. The molecular formula is C69H78N12O9S4. The van der Waals surface area contributed by atoms with E-state index in [-0.39, 0.29) is 47.3 Å². The van der Waals surface area contributed by atoms with Gasteiger partial charge < -0.3 is 61.1 Å². The highest BCUT2D eigenvalue weighted by Crippen LogP contribution is 2.58. The molecule has 0 radical (unpaired) electrons. The number of alkyl carbamates (subject to hydrolysis) is 1. The lowest BCUT2D eigenvalue weighted by atomic mass is 9.84. The van der Waals surface area contributed by atoms with Crippen LogP contribution in [-0.4, -0.2) is 94.7 Å². The normalized spacial score (nSPS) is 13.2. The first-order valence-corrected chi connectivity index (χ1v) is 33.2. The molecule has 25 heteroatoms. The standard InChI is InChI=1S/C35H38N6O5S2.C22H26N2O3S2.C12H14N4O/c1-34(2,3)46-31(42)23(18-36)15-24-16-25-29(47-24)30-26(35(25,4)5)17-28(48-30)41(6)13-14-44-33(43)39-19-21-7-9-22(10-8-21)20-45-32-38-12-11-27(37)40-32;1-21(2,3)27-20(26)16(23-6)11-13-10-14-18(28-13)19-15(22(14,4)5)12-17(29-19)24(7)8-9-25;13-7-9-1-3-10(4-2-9)8-17-12-15-6-5-11(14)16-12/h7-12,15-17H,13-14,19-20H2,1-6H3,(H,39,43)(H2,37,38,40);10-12,25H,8-9H2,1-5,7H3;1-6H,7-8,13H2,(H2,14,15,16)/b23-15-;16-11-;. The SMILES string of the molecule is CN(CCOC(=O)NCc1ccc(COc2nccc(N)n2)cc1)c1cc2c(s1)-c1sc(/C=C(/C#N)C(=O)OC(C)(C)C)cc1C2(C)C.NCc1ccc(COc2nccc(N)n2)cc1.[C-]#[N+]/C(=C\c1cc2c(s1)-c1sc(N(C)CCO)cc1C2(C)C)C(=O)OC(C)(C)C. The second kappa shape index (κ2) is 30.2. The predicted molar refractivity (Wildman–Crippen MR) is 374 cm³/mol. The Balaban J connectivity index is 0.000000207. The fourth-order valence-corrected chi connectivity index (χ4v) is 15.1. The topological polar surface area (TPSA) is 294 Å². The number of aliphatic hydroxyl groups is 1. The molecule has 94 heavy (non-hydrogen) atoms. The van der Waals surface area contributed by atoms with Gasteiger partial charge in [0.1, 0.15) is 54.3 Å². The molecule has 0 aliphatic heterocycles. The molecule has 21 nitrogen and oxygen atoms in total. The highest BCUT2D eigenvalue weighted by molar-refractivity contribution is 7.25. The number of benzene rings is 2. The fraction of sp³-hybridized carbons (Fsp3) is 0.348. The number of carbonyl (C=O) groups is 3. The van der Waals surface area contributed by atoms with Gasteiger partial charge in [-0.05, 0) is 135 Å². The number of hydrogen-bond acceptors (Lipinski definition) is 23. The number of anilines is 4. The lowest BCUT2D eigenvalue weighted by molar-refractivity contribution is -0.150. The Labute approximate surface area is 564 Å². The van der Waals surface area contributed by atoms with Gasteiger partial charge in [0, 0.05) is 76.5 Å². The van der Waals surface area contributed by atoms with Gasteiger partial charge in [-0.2, -0.15) is 15.2 Å². The van der Waals surface area contributed by atoms with E-state index in [0.717, 1.165) is 46.9 Å². The Hall–Kier alpha value is -9.21. The van der Waals surface area contributed by atoms with Crippen LogP contribution >= 0.6 is 45.3 Å².